The Balaban J connectivity index is 1.93. The predicted octanol–water partition coefficient (Wildman–Crippen LogP) is 6.36. The molecule has 3 rings (SSSR count). The van der Waals surface area contributed by atoms with E-state index >= 15 is 0 Å². The lowest BCUT2D eigenvalue weighted by Gasteiger charge is -2.05. The maximum atomic E-state index is 14.6. The van der Waals surface area contributed by atoms with Crippen LogP contribution in [0.5, 0.6) is 0 Å². The van der Waals surface area contributed by atoms with Gasteiger partial charge in [0.1, 0.15) is 11.6 Å². The second-order valence-electron chi connectivity index (χ2n) is 6.40. The van der Waals surface area contributed by atoms with Gasteiger partial charge in [-0.25, -0.2) is 18.7 Å². The molecule has 0 saturated carbocycles. The molecule has 0 amide bonds. The summed E-state index contributed by atoms with van der Waals surface area (Å²) in [4.78, 5) is 9.94. The highest BCUT2D eigenvalue weighted by Gasteiger charge is 2.17. The molecule has 0 unspecified atom stereocenters. The third kappa shape index (κ3) is 4.12. The molecule has 0 saturated heterocycles. The molecule has 25 heavy (non-hydrogen) atoms. The predicted molar refractivity (Wildman–Crippen MR) is 101 cm³/mol. The molecule has 2 heterocycles. The number of nitrogens with zero attached hydrogens (tertiary/aromatic N) is 2. The third-order valence-corrected chi connectivity index (χ3v) is 5.88. The maximum absolute atomic E-state index is 14.6. The van der Waals surface area contributed by atoms with Gasteiger partial charge in [0.15, 0.2) is 0 Å². The van der Waals surface area contributed by atoms with Crippen LogP contribution in [-0.2, 0) is 12.8 Å². The van der Waals surface area contributed by atoms with Crippen LogP contribution in [0.25, 0.3) is 20.9 Å². The van der Waals surface area contributed by atoms with Gasteiger partial charge < -0.3 is 0 Å². The Labute approximate surface area is 154 Å². The molecule has 0 atom stereocenters. The second kappa shape index (κ2) is 7.70. The molecule has 1 aromatic carbocycles. The zero-order chi connectivity index (χ0) is 18.0. The molecule has 0 aliphatic carbocycles. The van der Waals surface area contributed by atoms with E-state index in [2.05, 4.69) is 30.7 Å². The van der Waals surface area contributed by atoms with E-state index in [0.717, 1.165) is 29.3 Å². The van der Waals surface area contributed by atoms with E-state index in [4.69, 9.17) is 0 Å². The molecule has 0 bridgehead atoms. The van der Waals surface area contributed by atoms with E-state index < -0.39 is 11.6 Å². The van der Waals surface area contributed by atoms with Crippen LogP contribution in [0, 0.1) is 17.6 Å². The van der Waals surface area contributed by atoms with E-state index in [1.165, 1.54) is 34.8 Å². The molecule has 6 heteroatoms. The van der Waals surface area contributed by atoms with Crippen molar-refractivity contribution in [2.45, 2.75) is 40.0 Å². The van der Waals surface area contributed by atoms with Gasteiger partial charge in [-0.05, 0) is 30.9 Å². The quantitative estimate of drug-likeness (QED) is 0.498. The van der Waals surface area contributed by atoms with Crippen LogP contribution in [0.2, 0.25) is 0 Å². The van der Waals surface area contributed by atoms with Gasteiger partial charge in [0, 0.05) is 29.9 Å². The van der Waals surface area contributed by atoms with Crippen molar-refractivity contribution in [2.24, 2.45) is 5.92 Å². The fourth-order valence-corrected chi connectivity index (χ4v) is 4.75. The first-order valence-electron chi connectivity index (χ1n) is 8.37. The number of halogens is 2. The summed E-state index contributed by atoms with van der Waals surface area (Å²) in [6, 6.07) is 2.55. The number of hydrogen-bond acceptors (Lipinski definition) is 4. The van der Waals surface area contributed by atoms with E-state index in [9.17, 15) is 8.78 Å². The number of aryl methyl sites for hydroxylation is 1. The lowest BCUT2D eigenvalue weighted by molar-refractivity contribution is 0.606. The minimum Gasteiger partial charge on any atom is -0.249 e. The summed E-state index contributed by atoms with van der Waals surface area (Å²) in [5.41, 5.74) is 0.542. The van der Waals surface area contributed by atoms with Crippen LogP contribution in [-0.4, -0.2) is 9.97 Å². The van der Waals surface area contributed by atoms with Crippen molar-refractivity contribution >= 4 is 22.7 Å². The van der Waals surface area contributed by atoms with Gasteiger partial charge in [-0.3, -0.25) is 0 Å². The Kier molecular flexibility index (Phi) is 5.59. The highest BCUT2D eigenvalue weighted by molar-refractivity contribution is 7.15. The Morgan fingerprint density at radius 3 is 1.96 bits per heavy atom. The Morgan fingerprint density at radius 2 is 1.44 bits per heavy atom. The SMILES string of the molecule is CCCc1ncc(-c2cc(F)c(-c3cnc(CC(C)C)s3)cc2F)s1. The summed E-state index contributed by atoms with van der Waals surface area (Å²) < 4.78 is 29.2. The van der Waals surface area contributed by atoms with Gasteiger partial charge >= 0.3 is 0 Å². The average molecular weight is 379 g/mol. The first-order chi connectivity index (χ1) is 12.0. The summed E-state index contributed by atoms with van der Waals surface area (Å²) in [5.74, 6) is -0.380. The molecule has 132 valence electrons. The van der Waals surface area contributed by atoms with Crippen molar-refractivity contribution in [3.05, 3.63) is 46.2 Å². The van der Waals surface area contributed by atoms with Crippen molar-refractivity contribution in [3.8, 4) is 20.9 Å². The van der Waals surface area contributed by atoms with E-state index in [1.807, 2.05) is 0 Å². The molecule has 2 nitrogen and oxygen atoms in total. The van der Waals surface area contributed by atoms with Crippen LogP contribution in [0.3, 0.4) is 0 Å². The monoisotopic (exact) mass is 378 g/mol. The second-order valence-corrected chi connectivity index (χ2v) is 8.63. The largest absolute Gasteiger partial charge is 0.249 e. The van der Waals surface area contributed by atoms with Gasteiger partial charge in [0.25, 0.3) is 0 Å². The van der Waals surface area contributed by atoms with Gasteiger partial charge in [-0.1, -0.05) is 20.8 Å². The number of thiazole rings is 2. The van der Waals surface area contributed by atoms with Crippen LogP contribution in [0.1, 0.15) is 37.2 Å². The van der Waals surface area contributed by atoms with Gasteiger partial charge in [-0.15, -0.1) is 22.7 Å². The molecule has 3 aromatic rings. The van der Waals surface area contributed by atoms with Crippen LogP contribution < -0.4 is 0 Å². The molecule has 0 radical (unpaired) electrons. The summed E-state index contributed by atoms with van der Waals surface area (Å²) in [6.07, 6.45) is 5.93. The van der Waals surface area contributed by atoms with Crippen molar-refractivity contribution < 1.29 is 8.78 Å². The Bertz CT molecular complexity index is 868. The summed E-state index contributed by atoms with van der Waals surface area (Å²) in [7, 11) is 0. The molecular weight excluding hydrogens is 358 g/mol. The average Bonchev–Trinajstić information content (AvgIpc) is 3.18. The smallest absolute Gasteiger partial charge is 0.132 e. The number of benzene rings is 1. The minimum absolute atomic E-state index is 0.270. The third-order valence-electron chi connectivity index (χ3n) is 3.74. The van der Waals surface area contributed by atoms with Crippen molar-refractivity contribution in [3.63, 3.8) is 0 Å². The van der Waals surface area contributed by atoms with E-state index in [-0.39, 0.29) is 11.1 Å². The van der Waals surface area contributed by atoms with Crippen molar-refractivity contribution in [1.82, 2.24) is 9.97 Å². The topological polar surface area (TPSA) is 25.8 Å². The lowest BCUT2D eigenvalue weighted by atomic mass is 10.1. The maximum Gasteiger partial charge on any atom is 0.132 e. The van der Waals surface area contributed by atoms with E-state index in [0.29, 0.717) is 15.7 Å². The highest BCUT2D eigenvalue weighted by Crippen LogP contribution is 2.35. The Hall–Kier alpha value is -1.66. The number of aromatic nitrogens is 2. The number of hydrogen-bond donors (Lipinski definition) is 0. The van der Waals surface area contributed by atoms with E-state index in [1.54, 1.807) is 12.4 Å². The van der Waals surface area contributed by atoms with Gasteiger partial charge in [-0.2, -0.15) is 0 Å². The molecule has 2 aromatic heterocycles. The van der Waals surface area contributed by atoms with Crippen LogP contribution >= 0.6 is 22.7 Å². The number of rotatable bonds is 6. The Morgan fingerprint density at radius 1 is 0.920 bits per heavy atom. The lowest BCUT2D eigenvalue weighted by Crippen LogP contribution is -1.91. The highest BCUT2D eigenvalue weighted by atomic mass is 32.1. The molecule has 0 N–H and O–H groups in total. The zero-order valence-electron chi connectivity index (χ0n) is 14.5. The van der Waals surface area contributed by atoms with Gasteiger partial charge in [0.05, 0.1) is 19.8 Å². The molecule has 0 fully saturated rings. The first-order valence-corrected chi connectivity index (χ1v) is 10.0. The summed E-state index contributed by atoms with van der Waals surface area (Å²) in [6.45, 7) is 6.29. The van der Waals surface area contributed by atoms with Crippen molar-refractivity contribution in [1.29, 1.82) is 0 Å². The first kappa shape index (κ1) is 18.1. The fourth-order valence-electron chi connectivity index (χ4n) is 2.57. The van der Waals surface area contributed by atoms with Crippen LogP contribution in [0.4, 0.5) is 8.78 Å². The molecule has 0 aliphatic heterocycles. The molecule has 0 spiro atoms. The van der Waals surface area contributed by atoms with Crippen LogP contribution in [0.15, 0.2) is 24.5 Å². The normalized spacial score (nSPS) is 11.4. The molecular formula is C19H20F2N2S2. The minimum atomic E-state index is -0.429. The zero-order valence-corrected chi connectivity index (χ0v) is 16.1. The standard InChI is InChI=1S/C19H20F2N2S2/c1-4-5-18-22-9-16(24-18)12-7-15(21)13(8-14(12)20)17-10-23-19(25-17)6-11(2)3/h7-11H,4-6H2,1-3H3. The van der Waals surface area contributed by atoms with Gasteiger partial charge in [0.2, 0.25) is 0 Å². The molecule has 0 aliphatic rings. The van der Waals surface area contributed by atoms with Crippen molar-refractivity contribution in [2.75, 3.05) is 0 Å². The fraction of sp³-hybridized carbons (Fsp3) is 0.368. The summed E-state index contributed by atoms with van der Waals surface area (Å²) in [5, 5.41) is 1.89. The summed E-state index contributed by atoms with van der Waals surface area (Å²) >= 11 is 2.84.